The van der Waals surface area contributed by atoms with Gasteiger partial charge in [0.05, 0.1) is 0 Å². The summed E-state index contributed by atoms with van der Waals surface area (Å²) < 4.78 is 0. The molecule has 0 aliphatic heterocycles. The van der Waals surface area contributed by atoms with Crippen LogP contribution in [0.5, 0.6) is 0 Å². The fourth-order valence-electron chi connectivity index (χ4n) is 1.23. The second kappa shape index (κ2) is 5.71. The van der Waals surface area contributed by atoms with Gasteiger partial charge in [0, 0.05) is 32.4 Å². The van der Waals surface area contributed by atoms with E-state index in [2.05, 4.69) is 48.1 Å². The minimum absolute atomic E-state index is 0.517. The van der Waals surface area contributed by atoms with Crippen molar-refractivity contribution in [1.82, 2.24) is 10.3 Å². The Balaban J connectivity index is 2.56. The summed E-state index contributed by atoms with van der Waals surface area (Å²) in [6.45, 7) is 8.28. The van der Waals surface area contributed by atoms with Crippen LogP contribution in [0.3, 0.4) is 0 Å². The van der Waals surface area contributed by atoms with Crippen LogP contribution >= 0.6 is 0 Å². The highest BCUT2D eigenvalue weighted by Crippen LogP contribution is 2.08. The molecule has 0 spiro atoms. The highest BCUT2D eigenvalue weighted by molar-refractivity contribution is 5.37. The number of anilines is 1. The number of pyridine rings is 1. The Labute approximate surface area is 92.5 Å². The average molecular weight is 207 g/mol. The average Bonchev–Trinajstić information content (AvgIpc) is 2.26. The van der Waals surface area contributed by atoms with Crippen molar-refractivity contribution in [3.8, 4) is 0 Å². The summed E-state index contributed by atoms with van der Waals surface area (Å²) in [7, 11) is 2.05. The monoisotopic (exact) mass is 207 g/mol. The van der Waals surface area contributed by atoms with E-state index in [1.54, 1.807) is 0 Å². The van der Waals surface area contributed by atoms with E-state index in [4.69, 9.17) is 0 Å². The van der Waals surface area contributed by atoms with E-state index in [0.717, 1.165) is 18.9 Å². The largest absolute Gasteiger partial charge is 0.360 e. The molecule has 3 nitrogen and oxygen atoms in total. The molecule has 0 saturated carbocycles. The molecule has 0 bridgehead atoms. The first-order valence-corrected chi connectivity index (χ1v) is 5.53. The highest BCUT2D eigenvalue weighted by atomic mass is 15.1. The van der Waals surface area contributed by atoms with Crippen molar-refractivity contribution >= 4 is 5.82 Å². The number of nitrogens with zero attached hydrogens (tertiary/aromatic N) is 2. The quantitative estimate of drug-likeness (QED) is 0.801. The van der Waals surface area contributed by atoms with Gasteiger partial charge in [0.25, 0.3) is 0 Å². The lowest BCUT2D eigenvalue weighted by atomic mass is 10.2. The summed E-state index contributed by atoms with van der Waals surface area (Å²) in [6, 6.07) is 4.72. The summed E-state index contributed by atoms with van der Waals surface area (Å²) in [4.78, 5) is 6.54. The topological polar surface area (TPSA) is 28.2 Å². The minimum Gasteiger partial charge on any atom is -0.360 e. The van der Waals surface area contributed by atoms with Crippen molar-refractivity contribution < 1.29 is 0 Å². The van der Waals surface area contributed by atoms with Gasteiger partial charge in [0.1, 0.15) is 5.82 Å². The number of nitrogens with one attached hydrogen (secondary N) is 1. The molecule has 0 fully saturated rings. The first-order chi connectivity index (χ1) is 7.13. The molecule has 1 rings (SSSR count). The predicted molar refractivity (Wildman–Crippen MR) is 65.2 cm³/mol. The van der Waals surface area contributed by atoms with Crippen LogP contribution in [-0.2, 0) is 6.54 Å². The zero-order valence-electron chi connectivity index (χ0n) is 10.1. The molecule has 0 radical (unpaired) electrons. The lowest BCUT2D eigenvalue weighted by molar-refractivity contribution is 0.588. The molecular weight excluding hydrogens is 186 g/mol. The van der Waals surface area contributed by atoms with Crippen molar-refractivity contribution in [2.45, 2.75) is 33.4 Å². The van der Waals surface area contributed by atoms with Crippen LogP contribution in [0, 0.1) is 0 Å². The molecular formula is C12H21N3. The molecule has 1 heterocycles. The van der Waals surface area contributed by atoms with Gasteiger partial charge in [-0.3, -0.25) is 0 Å². The highest BCUT2D eigenvalue weighted by Gasteiger charge is 2.00. The summed E-state index contributed by atoms with van der Waals surface area (Å²) >= 11 is 0. The Morgan fingerprint density at radius 1 is 1.40 bits per heavy atom. The lowest BCUT2D eigenvalue weighted by Gasteiger charge is -2.15. The standard InChI is InChI=1S/C12H21N3/c1-5-15(4)12-7-6-11(9-14-12)8-13-10(2)3/h6-7,9-10,13H,5,8H2,1-4H3. The third kappa shape index (κ3) is 3.88. The van der Waals surface area contributed by atoms with Crippen LogP contribution in [-0.4, -0.2) is 24.6 Å². The van der Waals surface area contributed by atoms with E-state index in [1.165, 1.54) is 5.56 Å². The van der Waals surface area contributed by atoms with Crippen LogP contribution in [0.2, 0.25) is 0 Å². The molecule has 15 heavy (non-hydrogen) atoms. The maximum absolute atomic E-state index is 4.41. The molecule has 0 unspecified atom stereocenters. The first kappa shape index (κ1) is 12.0. The number of hydrogen-bond donors (Lipinski definition) is 1. The van der Waals surface area contributed by atoms with Gasteiger partial charge < -0.3 is 10.2 Å². The maximum Gasteiger partial charge on any atom is 0.128 e. The summed E-state index contributed by atoms with van der Waals surface area (Å²) in [6.07, 6.45) is 1.94. The normalized spacial score (nSPS) is 10.7. The van der Waals surface area contributed by atoms with Gasteiger partial charge in [0.2, 0.25) is 0 Å². The van der Waals surface area contributed by atoms with Crippen molar-refractivity contribution in [3.05, 3.63) is 23.9 Å². The van der Waals surface area contributed by atoms with Crippen LogP contribution in [0.25, 0.3) is 0 Å². The van der Waals surface area contributed by atoms with Gasteiger partial charge in [-0.1, -0.05) is 19.9 Å². The molecule has 0 saturated heterocycles. The van der Waals surface area contributed by atoms with Gasteiger partial charge in [0.15, 0.2) is 0 Å². The van der Waals surface area contributed by atoms with E-state index < -0.39 is 0 Å². The van der Waals surface area contributed by atoms with Crippen molar-refractivity contribution in [1.29, 1.82) is 0 Å². The number of aromatic nitrogens is 1. The third-order valence-corrected chi connectivity index (χ3v) is 2.39. The Kier molecular flexibility index (Phi) is 4.56. The number of hydrogen-bond acceptors (Lipinski definition) is 3. The molecule has 1 aromatic heterocycles. The fourth-order valence-corrected chi connectivity index (χ4v) is 1.23. The van der Waals surface area contributed by atoms with Crippen LogP contribution in [0.4, 0.5) is 5.82 Å². The Morgan fingerprint density at radius 3 is 2.60 bits per heavy atom. The molecule has 0 atom stereocenters. The predicted octanol–water partition coefficient (Wildman–Crippen LogP) is 2.04. The Hall–Kier alpha value is -1.09. The second-order valence-electron chi connectivity index (χ2n) is 4.07. The molecule has 1 aromatic rings. The zero-order valence-corrected chi connectivity index (χ0v) is 10.1. The van der Waals surface area contributed by atoms with Gasteiger partial charge in [-0.2, -0.15) is 0 Å². The zero-order chi connectivity index (χ0) is 11.3. The third-order valence-electron chi connectivity index (χ3n) is 2.39. The molecule has 84 valence electrons. The molecule has 0 amide bonds. The number of rotatable bonds is 5. The summed E-state index contributed by atoms with van der Waals surface area (Å²) in [5, 5.41) is 3.37. The fraction of sp³-hybridized carbons (Fsp3) is 0.583. The Morgan fingerprint density at radius 2 is 2.13 bits per heavy atom. The van der Waals surface area contributed by atoms with Gasteiger partial charge >= 0.3 is 0 Å². The van der Waals surface area contributed by atoms with Crippen molar-refractivity contribution in [2.24, 2.45) is 0 Å². The molecule has 3 heteroatoms. The molecule has 0 aliphatic carbocycles. The van der Waals surface area contributed by atoms with Gasteiger partial charge in [-0.15, -0.1) is 0 Å². The molecule has 0 aromatic carbocycles. The van der Waals surface area contributed by atoms with E-state index in [0.29, 0.717) is 6.04 Å². The van der Waals surface area contributed by atoms with Crippen LogP contribution < -0.4 is 10.2 Å². The maximum atomic E-state index is 4.41. The van der Waals surface area contributed by atoms with E-state index in [9.17, 15) is 0 Å². The minimum atomic E-state index is 0.517. The van der Waals surface area contributed by atoms with Gasteiger partial charge in [-0.25, -0.2) is 4.98 Å². The van der Waals surface area contributed by atoms with E-state index >= 15 is 0 Å². The summed E-state index contributed by atoms with van der Waals surface area (Å²) in [5.74, 6) is 1.03. The molecule has 1 N–H and O–H groups in total. The van der Waals surface area contributed by atoms with Gasteiger partial charge in [-0.05, 0) is 18.6 Å². The van der Waals surface area contributed by atoms with E-state index in [1.807, 2.05) is 13.2 Å². The van der Waals surface area contributed by atoms with Crippen LogP contribution in [0.15, 0.2) is 18.3 Å². The smallest absolute Gasteiger partial charge is 0.128 e. The molecule has 0 aliphatic rings. The Bertz CT molecular complexity index is 279. The second-order valence-corrected chi connectivity index (χ2v) is 4.07. The summed E-state index contributed by atoms with van der Waals surface area (Å²) in [5.41, 5.74) is 1.23. The van der Waals surface area contributed by atoms with Crippen LogP contribution in [0.1, 0.15) is 26.3 Å². The van der Waals surface area contributed by atoms with Crippen molar-refractivity contribution in [2.75, 3.05) is 18.5 Å². The van der Waals surface area contributed by atoms with E-state index in [-0.39, 0.29) is 0 Å². The lowest BCUT2D eigenvalue weighted by Crippen LogP contribution is -2.22. The first-order valence-electron chi connectivity index (χ1n) is 5.53. The SMILES string of the molecule is CCN(C)c1ccc(CNC(C)C)cn1. The van der Waals surface area contributed by atoms with Crippen molar-refractivity contribution in [3.63, 3.8) is 0 Å².